The molecular weight excluding hydrogens is 346 g/mol. The lowest BCUT2D eigenvalue weighted by atomic mass is 10.0. The number of anilines is 2. The van der Waals surface area contributed by atoms with Gasteiger partial charge in [0.2, 0.25) is 5.95 Å². The summed E-state index contributed by atoms with van der Waals surface area (Å²) in [5, 5.41) is 4.33. The van der Waals surface area contributed by atoms with Crippen LogP contribution in [0.2, 0.25) is 0 Å². The highest BCUT2D eigenvalue weighted by molar-refractivity contribution is 5.92. The molecule has 1 atom stereocenters. The second kappa shape index (κ2) is 6.49. The van der Waals surface area contributed by atoms with E-state index < -0.39 is 0 Å². The van der Waals surface area contributed by atoms with Crippen LogP contribution in [0.4, 0.5) is 11.8 Å². The van der Waals surface area contributed by atoms with Gasteiger partial charge in [0.25, 0.3) is 5.91 Å². The van der Waals surface area contributed by atoms with Gasteiger partial charge in [-0.3, -0.25) is 9.48 Å². The number of morpholine rings is 1. The molecule has 9 heteroatoms. The van der Waals surface area contributed by atoms with Gasteiger partial charge in [0.1, 0.15) is 11.4 Å². The van der Waals surface area contributed by atoms with Gasteiger partial charge in [0.15, 0.2) is 5.69 Å². The number of nitrogens with two attached hydrogens (primary N) is 1. The largest absolute Gasteiger partial charge is 0.369 e. The van der Waals surface area contributed by atoms with Gasteiger partial charge in [-0.25, -0.2) is 4.98 Å². The molecule has 2 aromatic rings. The van der Waals surface area contributed by atoms with Gasteiger partial charge < -0.3 is 20.3 Å². The number of ether oxygens (including phenoxy) is 1. The lowest BCUT2D eigenvalue weighted by Gasteiger charge is -2.40. The SMILES string of the molecule is Cc1cc(N2CCC3(CN(C(=O)c4cc(C)n(C)n4)CCO3)C2)nc(N)n1. The van der Waals surface area contributed by atoms with Crippen molar-refractivity contribution >= 4 is 17.7 Å². The van der Waals surface area contributed by atoms with E-state index in [0.717, 1.165) is 30.2 Å². The molecule has 2 aliphatic rings. The third-order valence-electron chi connectivity index (χ3n) is 5.37. The summed E-state index contributed by atoms with van der Waals surface area (Å²) in [5.41, 5.74) is 7.70. The quantitative estimate of drug-likeness (QED) is 0.821. The van der Waals surface area contributed by atoms with Crippen molar-refractivity contribution < 1.29 is 9.53 Å². The summed E-state index contributed by atoms with van der Waals surface area (Å²) >= 11 is 0. The van der Waals surface area contributed by atoms with Gasteiger partial charge in [-0.1, -0.05) is 0 Å². The summed E-state index contributed by atoms with van der Waals surface area (Å²) in [5.74, 6) is 1.05. The Morgan fingerprint density at radius 2 is 2.04 bits per heavy atom. The lowest BCUT2D eigenvalue weighted by Crippen LogP contribution is -2.55. The van der Waals surface area contributed by atoms with Crippen LogP contribution in [-0.2, 0) is 11.8 Å². The summed E-state index contributed by atoms with van der Waals surface area (Å²) in [6, 6.07) is 3.76. The Kier molecular flexibility index (Phi) is 4.26. The van der Waals surface area contributed by atoms with Crippen molar-refractivity contribution in [3.05, 3.63) is 29.2 Å². The zero-order valence-corrected chi connectivity index (χ0v) is 16.0. The Labute approximate surface area is 158 Å². The molecule has 0 aromatic carbocycles. The van der Waals surface area contributed by atoms with Gasteiger partial charge in [-0.2, -0.15) is 10.1 Å². The Morgan fingerprint density at radius 1 is 1.22 bits per heavy atom. The molecule has 0 bridgehead atoms. The van der Waals surface area contributed by atoms with Crippen molar-refractivity contribution in [1.82, 2.24) is 24.6 Å². The lowest BCUT2D eigenvalue weighted by molar-refractivity contribution is -0.0857. The molecule has 4 rings (SSSR count). The zero-order chi connectivity index (χ0) is 19.2. The van der Waals surface area contributed by atoms with Gasteiger partial charge >= 0.3 is 0 Å². The molecule has 144 valence electrons. The maximum Gasteiger partial charge on any atom is 0.274 e. The van der Waals surface area contributed by atoms with E-state index in [1.807, 2.05) is 37.9 Å². The molecule has 2 aromatic heterocycles. The fourth-order valence-electron chi connectivity index (χ4n) is 3.87. The second-order valence-electron chi connectivity index (χ2n) is 7.45. The maximum absolute atomic E-state index is 12.9. The Hall–Kier alpha value is -2.68. The van der Waals surface area contributed by atoms with E-state index in [-0.39, 0.29) is 17.5 Å². The first-order valence-corrected chi connectivity index (χ1v) is 9.15. The molecule has 0 radical (unpaired) electrons. The topological polar surface area (TPSA) is 102 Å². The summed E-state index contributed by atoms with van der Waals surface area (Å²) in [6.07, 6.45) is 0.834. The minimum absolute atomic E-state index is 0.0399. The van der Waals surface area contributed by atoms with Gasteiger partial charge in [-0.05, 0) is 26.3 Å². The molecule has 0 saturated carbocycles. The zero-order valence-electron chi connectivity index (χ0n) is 16.0. The number of rotatable bonds is 2. The number of carbonyl (C=O) groups excluding carboxylic acids is 1. The second-order valence-corrected chi connectivity index (χ2v) is 7.45. The van der Waals surface area contributed by atoms with Gasteiger partial charge in [-0.15, -0.1) is 0 Å². The number of aromatic nitrogens is 4. The van der Waals surface area contributed by atoms with Crippen LogP contribution < -0.4 is 10.6 Å². The molecule has 1 spiro atoms. The maximum atomic E-state index is 12.9. The molecule has 4 heterocycles. The third-order valence-corrected chi connectivity index (χ3v) is 5.37. The highest BCUT2D eigenvalue weighted by atomic mass is 16.5. The fraction of sp³-hybridized carbons (Fsp3) is 0.556. The van der Waals surface area contributed by atoms with E-state index in [9.17, 15) is 4.79 Å². The van der Waals surface area contributed by atoms with E-state index in [0.29, 0.717) is 31.9 Å². The smallest absolute Gasteiger partial charge is 0.274 e. The number of hydrogen-bond donors (Lipinski definition) is 1. The Morgan fingerprint density at radius 3 is 2.74 bits per heavy atom. The van der Waals surface area contributed by atoms with Crippen molar-refractivity contribution in [1.29, 1.82) is 0 Å². The average molecular weight is 371 g/mol. The van der Waals surface area contributed by atoms with Crippen molar-refractivity contribution in [3.8, 4) is 0 Å². The highest BCUT2D eigenvalue weighted by Crippen LogP contribution is 2.32. The molecule has 1 amide bonds. The highest BCUT2D eigenvalue weighted by Gasteiger charge is 2.44. The molecule has 2 fully saturated rings. The predicted octanol–water partition coefficient (Wildman–Crippen LogP) is 0.531. The standard InChI is InChI=1S/C18H25N7O2/c1-12-8-15(21-17(19)20-12)24-5-4-18(10-24)11-25(6-7-27-18)16(26)14-9-13(2)23(3)22-14/h8-9H,4-7,10-11H2,1-3H3,(H2,19,20,21). The summed E-state index contributed by atoms with van der Waals surface area (Å²) in [4.78, 5) is 25.4. The minimum Gasteiger partial charge on any atom is -0.369 e. The number of nitrogens with zero attached hydrogens (tertiary/aromatic N) is 6. The monoisotopic (exact) mass is 371 g/mol. The van der Waals surface area contributed by atoms with Crippen molar-refractivity contribution in [3.63, 3.8) is 0 Å². The van der Waals surface area contributed by atoms with Crippen LogP contribution in [0.5, 0.6) is 0 Å². The van der Waals surface area contributed by atoms with Crippen LogP contribution in [-0.4, -0.2) is 68.9 Å². The summed E-state index contributed by atoms with van der Waals surface area (Å²) in [7, 11) is 1.84. The fourth-order valence-corrected chi connectivity index (χ4v) is 3.87. The number of amides is 1. The summed E-state index contributed by atoms with van der Waals surface area (Å²) < 4.78 is 7.87. The molecule has 9 nitrogen and oxygen atoms in total. The number of hydrogen-bond acceptors (Lipinski definition) is 7. The first-order chi connectivity index (χ1) is 12.8. The number of nitrogen functional groups attached to an aromatic ring is 1. The molecule has 27 heavy (non-hydrogen) atoms. The van der Waals surface area contributed by atoms with E-state index in [1.165, 1.54) is 0 Å². The minimum atomic E-state index is -0.384. The van der Waals surface area contributed by atoms with Crippen LogP contribution in [0, 0.1) is 13.8 Å². The van der Waals surface area contributed by atoms with Gasteiger partial charge in [0, 0.05) is 37.6 Å². The van der Waals surface area contributed by atoms with Crippen LogP contribution >= 0.6 is 0 Å². The van der Waals surface area contributed by atoms with Crippen molar-refractivity contribution in [2.45, 2.75) is 25.9 Å². The predicted molar refractivity (Wildman–Crippen MR) is 101 cm³/mol. The first kappa shape index (κ1) is 17.7. The van der Waals surface area contributed by atoms with Crippen molar-refractivity contribution in [2.75, 3.05) is 43.4 Å². The van der Waals surface area contributed by atoms with Crippen LogP contribution in [0.15, 0.2) is 12.1 Å². The van der Waals surface area contributed by atoms with E-state index >= 15 is 0 Å². The third kappa shape index (κ3) is 3.34. The van der Waals surface area contributed by atoms with Gasteiger partial charge in [0.05, 0.1) is 19.7 Å². The number of carbonyl (C=O) groups is 1. The summed E-state index contributed by atoms with van der Waals surface area (Å²) in [6.45, 7) is 6.98. The molecular formula is C18H25N7O2. The van der Waals surface area contributed by atoms with E-state index in [2.05, 4.69) is 20.0 Å². The Balaban J connectivity index is 1.50. The molecule has 2 saturated heterocycles. The van der Waals surface area contributed by atoms with E-state index in [1.54, 1.807) is 4.68 Å². The molecule has 2 N–H and O–H groups in total. The van der Waals surface area contributed by atoms with E-state index in [4.69, 9.17) is 10.5 Å². The average Bonchev–Trinajstić information content (AvgIpc) is 3.17. The number of aryl methyl sites for hydroxylation is 3. The normalized spacial score (nSPS) is 22.6. The molecule has 0 aliphatic carbocycles. The molecule has 2 aliphatic heterocycles. The molecule has 1 unspecified atom stereocenters. The Bertz CT molecular complexity index is 841. The van der Waals surface area contributed by atoms with Crippen LogP contribution in [0.3, 0.4) is 0 Å². The van der Waals surface area contributed by atoms with Crippen LogP contribution in [0.1, 0.15) is 28.3 Å². The first-order valence-electron chi connectivity index (χ1n) is 9.15. The van der Waals surface area contributed by atoms with Crippen LogP contribution in [0.25, 0.3) is 0 Å². The van der Waals surface area contributed by atoms with Crippen molar-refractivity contribution in [2.24, 2.45) is 7.05 Å².